The van der Waals surface area contributed by atoms with Crippen molar-refractivity contribution in [1.82, 2.24) is 5.43 Å². The van der Waals surface area contributed by atoms with Crippen molar-refractivity contribution in [2.45, 2.75) is 6.04 Å². The molecule has 2 aromatic carbocycles. The maximum Gasteiger partial charge on any atom is 0.124 e. The SMILES string of the molecule is COc1ccc(F)cc1C(NN)c1ccc(F)cc1I. The highest BCUT2D eigenvalue weighted by Crippen LogP contribution is 2.32. The Balaban J connectivity index is 2.54. The van der Waals surface area contributed by atoms with E-state index in [9.17, 15) is 8.78 Å². The van der Waals surface area contributed by atoms with Crippen molar-refractivity contribution in [2.24, 2.45) is 5.84 Å². The van der Waals surface area contributed by atoms with Gasteiger partial charge in [0.05, 0.1) is 13.2 Å². The number of hydrazine groups is 1. The minimum Gasteiger partial charge on any atom is -0.496 e. The summed E-state index contributed by atoms with van der Waals surface area (Å²) < 4.78 is 32.6. The summed E-state index contributed by atoms with van der Waals surface area (Å²) in [6.45, 7) is 0. The molecular weight excluding hydrogens is 377 g/mol. The maximum atomic E-state index is 13.5. The van der Waals surface area contributed by atoms with E-state index in [2.05, 4.69) is 5.43 Å². The topological polar surface area (TPSA) is 47.3 Å². The number of ether oxygens (including phenoxy) is 1. The Morgan fingerprint density at radius 3 is 2.35 bits per heavy atom. The molecule has 0 aliphatic rings. The zero-order chi connectivity index (χ0) is 14.7. The summed E-state index contributed by atoms with van der Waals surface area (Å²) in [6.07, 6.45) is 0. The van der Waals surface area contributed by atoms with Gasteiger partial charge in [0.2, 0.25) is 0 Å². The van der Waals surface area contributed by atoms with Crippen LogP contribution in [0.4, 0.5) is 8.78 Å². The first-order valence-electron chi connectivity index (χ1n) is 5.81. The third-order valence-electron chi connectivity index (χ3n) is 2.94. The molecule has 0 fully saturated rings. The molecule has 0 saturated carbocycles. The lowest BCUT2D eigenvalue weighted by Crippen LogP contribution is -2.30. The third-order valence-corrected chi connectivity index (χ3v) is 3.88. The van der Waals surface area contributed by atoms with E-state index in [1.165, 1.54) is 37.4 Å². The molecule has 3 nitrogen and oxygen atoms in total. The van der Waals surface area contributed by atoms with Crippen LogP contribution in [0.25, 0.3) is 0 Å². The molecule has 0 aliphatic carbocycles. The van der Waals surface area contributed by atoms with Gasteiger partial charge < -0.3 is 4.74 Å². The number of halogens is 3. The minimum atomic E-state index is -0.492. The van der Waals surface area contributed by atoms with Crippen LogP contribution in [-0.2, 0) is 0 Å². The van der Waals surface area contributed by atoms with Crippen LogP contribution in [0.5, 0.6) is 5.75 Å². The molecule has 2 aromatic rings. The normalized spacial score (nSPS) is 12.2. The van der Waals surface area contributed by atoms with Crippen LogP contribution in [0.15, 0.2) is 36.4 Å². The van der Waals surface area contributed by atoms with Crippen molar-refractivity contribution >= 4 is 22.6 Å². The van der Waals surface area contributed by atoms with Gasteiger partial charge in [-0.05, 0) is 58.5 Å². The lowest BCUT2D eigenvalue weighted by Gasteiger charge is -2.21. The summed E-state index contributed by atoms with van der Waals surface area (Å²) >= 11 is 2.01. The fourth-order valence-electron chi connectivity index (χ4n) is 2.01. The molecule has 0 saturated heterocycles. The van der Waals surface area contributed by atoms with E-state index in [0.717, 1.165) is 5.56 Å². The molecule has 1 atom stereocenters. The summed E-state index contributed by atoms with van der Waals surface area (Å²) in [5, 5.41) is 0. The molecule has 106 valence electrons. The van der Waals surface area contributed by atoms with Crippen LogP contribution in [-0.4, -0.2) is 7.11 Å². The fourth-order valence-corrected chi connectivity index (χ4v) is 2.80. The molecule has 0 heterocycles. The summed E-state index contributed by atoms with van der Waals surface area (Å²) in [7, 11) is 1.50. The smallest absolute Gasteiger partial charge is 0.124 e. The van der Waals surface area contributed by atoms with Crippen molar-refractivity contribution < 1.29 is 13.5 Å². The number of rotatable bonds is 4. The lowest BCUT2D eigenvalue weighted by atomic mass is 9.98. The Labute approximate surface area is 129 Å². The number of hydrogen-bond donors (Lipinski definition) is 2. The van der Waals surface area contributed by atoms with Gasteiger partial charge in [-0.1, -0.05) is 6.07 Å². The third kappa shape index (κ3) is 3.08. The fraction of sp³-hybridized carbons (Fsp3) is 0.143. The predicted molar refractivity (Wildman–Crippen MR) is 81.2 cm³/mol. The van der Waals surface area contributed by atoms with Crippen LogP contribution in [0.1, 0.15) is 17.2 Å². The molecular formula is C14H13F2IN2O. The average molecular weight is 390 g/mol. The average Bonchev–Trinajstić information content (AvgIpc) is 2.42. The van der Waals surface area contributed by atoms with Crippen molar-refractivity contribution in [1.29, 1.82) is 0 Å². The second-order valence-electron chi connectivity index (χ2n) is 4.15. The van der Waals surface area contributed by atoms with Gasteiger partial charge in [0.15, 0.2) is 0 Å². The first kappa shape index (κ1) is 15.1. The second kappa shape index (κ2) is 6.47. The molecule has 0 amide bonds. The highest BCUT2D eigenvalue weighted by Gasteiger charge is 2.20. The van der Waals surface area contributed by atoms with Crippen LogP contribution >= 0.6 is 22.6 Å². The van der Waals surface area contributed by atoms with E-state index in [-0.39, 0.29) is 5.82 Å². The van der Waals surface area contributed by atoms with E-state index in [1.807, 2.05) is 22.6 Å². The summed E-state index contributed by atoms with van der Waals surface area (Å²) in [5.74, 6) is 5.38. The number of nitrogens with two attached hydrogens (primary N) is 1. The summed E-state index contributed by atoms with van der Waals surface area (Å²) in [6, 6.07) is 8.05. The van der Waals surface area contributed by atoms with E-state index < -0.39 is 11.9 Å². The number of hydrogen-bond acceptors (Lipinski definition) is 3. The van der Waals surface area contributed by atoms with Gasteiger partial charge in [-0.2, -0.15) is 0 Å². The van der Waals surface area contributed by atoms with Gasteiger partial charge in [0, 0.05) is 9.13 Å². The monoisotopic (exact) mass is 390 g/mol. The van der Waals surface area contributed by atoms with E-state index >= 15 is 0 Å². The quantitative estimate of drug-likeness (QED) is 0.479. The van der Waals surface area contributed by atoms with Gasteiger partial charge in [0.25, 0.3) is 0 Å². The highest BCUT2D eigenvalue weighted by molar-refractivity contribution is 14.1. The summed E-state index contributed by atoms with van der Waals surface area (Å²) in [4.78, 5) is 0. The molecule has 0 aromatic heterocycles. The number of nitrogens with one attached hydrogen (secondary N) is 1. The standard InChI is InChI=1S/C14H13F2IN2O/c1-20-13-5-3-8(15)6-11(13)14(19-18)10-4-2-9(16)7-12(10)17/h2-7,14,19H,18H2,1H3. The minimum absolute atomic E-state index is 0.333. The van der Waals surface area contributed by atoms with Crippen molar-refractivity contribution in [3.8, 4) is 5.75 Å². The number of benzene rings is 2. The molecule has 0 aliphatic heterocycles. The zero-order valence-corrected chi connectivity index (χ0v) is 12.8. The molecule has 3 N–H and O–H groups in total. The molecule has 0 spiro atoms. The van der Waals surface area contributed by atoms with Crippen molar-refractivity contribution in [3.63, 3.8) is 0 Å². The predicted octanol–water partition coefficient (Wildman–Crippen LogP) is 3.13. The van der Waals surface area contributed by atoms with E-state index in [1.54, 1.807) is 6.07 Å². The Hall–Kier alpha value is -1.25. The van der Waals surface area contributed by atoms with Crippen LogP contribution in [0.3, 0.4) is 0 Å². The van der Waals surface area contributed by atoms with Crippen LogP contribution in [0.2, 0.25) is 0 Å². The van der Waals surface area contributed by atoms with E-state index in [0.29, 0.717) is 14.9 Å². The molecule has 20 heavy (non-hydrogen) atoms. The highest BCUT2D eigenvalue weighted by atomic mass is 127. The molecule has 2 rings (SSSR count). The van der Waals surface area contributed by atoms with Gasteiger partial charge in [-0.25, -0.2) is 14.2 Å². The molecule has 1 unspecified atom stereocenters. The Morgan fingerprint density at radius 1 is 1.10 bits per heavy atom. The first-order valence-corrected chi connectivity index (χ1v) is 6.89. The van der Waals surface area contributed by atoms with Gasteiger partial charge in [-0.3, -0.25) is 5.84 Å². The van der Waals surface area contributed by atoms with Crippen LogP contribution < -0.4 is 16.0 Å². The Kier molecular flexibility index (Phi) is 4.90. The second-order valence-corrected chi connectivity index (χ2v) is 5.31. The van der Waals surface area contributed by atoms with Gasteiger partial charge >= 0.3 is 0 Å². The molecule has 0 bridgehead atoms. The first-order chi connectivity index (χ1) is 9.56. The van der Waals surface area contributed by atoms with Gasteiger partial charge in [0.1, 0.15) is 17.4 Å². The number of methoxy groups -OCH3 is 1. The largest absolute Gasteiger partial charge is 0.496 e. The Morgan fingerprint density at radius 2 is 1.75 bits per heavy atom. The molecule has 0 radical (unpaired) electrons. The van der Waals surface area contributed by atoms with Crippen molar-refractivity contribution in [2.75, 3.05) is 7.11 Å². The van der Waals surface area contributed by atoms with Gasteiger partial charge in [-0.15, -0.1) is 0 Å². The Bertz CT molecular complexity index is 622. The summed E-state index contributed by atoms with van der Waals surface area (Å²) in [5.41, 5.74) is 3.93. The van der Waals surface area contributed by atoms with E-state index in [4.69, 9.17) is 10.6 Å². The molecule has 6 heteroatoms. The zero-order valence-electron chi connectivity index (χ0n) is 10.7. The van der Waals surface area contributed by atoms with Crippen LogP contribution in [0, 0.1) is 15.2 Å². The van der Waals surface area contributed by atoms with Crippen molar-refractivity contribution in [3.05, 3.63) is 62.7 Å². The lowest BCUT2D eigenvalue weighted by molar-refractivity contribution is 0.402. The maximum absolute atomic E-state index is 13.5.